The number of imidazole rings is 1. The third kappa shape index (κ3) is 3.61. The number of hydrogen-bond donors (Lipinski definition) is 3. The SMILES string of the molecule is CCS(=O)(=O)NCCCNc1ncnc2nc[nH]c12. The van der Waals surface area contributed by atoms with Crippen molar-refractivity contribution in [1.82, 2.24) is 24.7 Å². The fourth-order valence-corrected chi connectivity index (χ4v) is 2.18. The van der Waals surface area contributed by atoms with Crippen molar-refractivity contribution in [1.29, 1.82) is 0 Å². The number of anilines is 1. The molecular weight excluding hydrogens is 268 g/mol. The zero-order chi connectivity index (χ0) is 13.7. The number of nitrogens with one attached hydrogen (secondary N) is 3. The van der Waals surface area contributed by atoms with Gasteiger partial charge in [0.25, 0.3) is 0 Å². The minimum Gasteiger partial charge on any atom is -0.368 e. The van der Waals surface area contributed by atoms with Gasteiger partial charge in [-0.05, 0) is 13.3 Å². The molecule has 2 heterocycles. The Hall–Kier alpha value is -1.74. The summed E-state index contributed by atoms with van der Waals surface area (Å²) >= 11 is 0. The van der Waals surface area contributed by atoms with E-state index in [4.69, 9.17) is 0 Å². The monoisotopic (exact) mass is 284 g/mol. The molecule has 0 unspecified atom stereocenters. The Morgan fingerprint density at radius 3 is 2.89 bits per heavy atom. The molecule has 2 rings (SSSR count). The molecule has 104 valence electrons. The van der Waals surface area contributed by atoms with Crippen LogP contribution in [0.25, 0.3) is 11.2 Å². The van der Waals surface area contributed by atoms with Gasteiger partial charge in [0, 0.05) is 13.1 Å². The maximum Gasteiger partial charge on any atom is 0.211 e. The molecule has 0 radical (unpaired) electrons. The molecule has 0 saturated carbocycles. The van der Waals surface area contributed by atoms with Crippen LogP contribution < -0.4 is 10.0 Å². The number of hydrogen-bond acceptors (Lipinski definition) is 6. The Morgan fingerprint density at radius 2 is 2.11 bits per heavy atom. The summed E-state index contributed by atoms with van der Waals surface area (Å²) in [6.45, 7) is 2.62. The van der Waals surface area contributed by atoms with E-state index in [-0.39, 0.29) is 5.75 Å². The van der Waals surface area contributed by atoms with E-state index in [1.54, 1.807) is 13.3 Å². The summed E-state index contributed by atoms with van der Waals surface area (Å²) in [4.78, 5) is 15.1. The van der Waals surface area contributed by atoms with Gasteiger partial charge in [-0.25, -0.2) is 28.1 Å². The number of H-pyrrole nitrogens is 1. The molecule has 0 aliphatic heterocycles. The smallest absolute Gasteiger partial charge is 0.211 e. The normalized spacial score (nSPS) is 11.8. The van der Waals surface area contributed by atoms with E-state index in [0.717, 1.165) is 5.52 Å². The molecule has 0 fully saturated rings. The first-order chi connectivity index (χ1) is 9.12. The molecule has 0 spiro atoms. The second kappa shape index (κ2) is 5.93. The van der Waals surface area contributed by atoms with Crippen LogP contribution in [0.15, 0.2) is 12.7 Å². The van der Waals surface area contributed by atoms with E-state index in [1.807, 2.05) is 0 Å². The summed E-state index contributed by atoms with van der Waals surface area (Å²) in [5, 5.41) is 3.12. The van der Waals surface area contributed by atoms with Crippen molar-refractivity contribution in [2.45, 2.75) is 13.3 Å². The Kier molecular flexibility index (Phi) is 4.27. The van der Waals surface area contributed by atoms with Crippen LogP contribution in [-0.4, -0.2) is 47.2 Å². The van der Waals surface area contributed by atoms with Gasteiger partial charge in [0.05, 0.1) is 12.1 Å². The maximum atomic E-state index is 11.2. The zero-order valence-corrected chi connectivity index (χ0v) is 11.4. The second-order valence-corrected chi connectivity index (χ2v) is 6.00. The molecule has 2 aromatic heterocycles. The highest BCUT2D eigenvalue weighted by Crippen LogP contribution is 2.13. The quantitative estimate of drug-likeness (QED) is 0.621. The highest BCUT2D eigenvalue weighted by atomic mass is 32.2. The fourth-order valence-electron chi connectivity index (χ4n) is 1.52. The van der Waals surface area contributed by atoms with Crippen LogP contribution in [0.1, 0.15) is 13.3 Å². The summed E-state index contributed by atoms with van der Waals surface area (Å²) in [7, 11) is -3.11. The van der Waals surface area contributed by atoms with Crippen LogP contribution in [-0.2, 0) is 10.0 Å². The molecule has 2 aromatic rings. The third-order valence-electron chi connectivity index (χ3n) is 2.57. The minimum atomic E-state index is -3.11. The first-order valence-corrected chi connectivity index (χ1v) is 7.63. The molecule has 3 N–H and O–H groups in total. The lowest BCUT2D eigenvalue weighted by Gasteiger charge is -2.06. The van der Waals surface area contributed by atoms with Crippen LogP contribution in [0, 0.1) is 0 Å². The van der Waals surface area contributed by atoms with Crippen molar-refractivity contribution in [3.63, 3.8) is 0 Å². The first kappa shape index (κ1) is 13.7. The lowest BCUT2D eigenvalue weighted by atomic mass is 10.4. The number of fused-ring (bicyclic) bond motifs is 1. The maximum absolute atomic E-state index is 11.2. The predicted molar refractivity (Wildman–Crippen MR) is 72.3 cm³/mol. The number of sulfonamides is 1. The Labute approximate surface area is 111 Å². The Balaban J connectivity index is 1.82. The lowest BCUT2D eigenvalue weighted by Crippen LogP contribution is -2.27. The number of rotatable bonds is 7. The van der Waals surface area contributed by atoms with Gasteiger partial charge < -0.3 is 10.3 Å². The van der Waals surface area contributed by atoms with Gasteiger partial charge in [-0.2, -0.15) is 0 Å². The van der Waals surface area contributed by atoms with E-state index in [9.17, 15) is 8.42 Å². The van der Waals surface area contributed by atoms with Crippen molar-refractivity contribution in [2.24, 2.45) is 0 Å². The lowest BCUT2D eigenvalue weighted by molar-refractivity contribution is 0.581. The van der Waals surface area contributed by atoms with Gasteiger partial charge >= 0.3 is 0 Å². The van der Waals surface area contributed by atoms with Gasteiger partial charge in [0.1, 0.15) is 11.8 Å². The fraction of sp³-hybridized carbons (Fsp3) is 0.500. The van der Waals surface area contributed by atoms with Crippen molar-refractivity contribution >= 4 is 27.0 Å². The topological polar surface area (TPSA) is 113 Å². The number of aromatic nitrogens is 4. The van der Waals surface area contributed by atoms with Crippen molar-refractivity contribution in [3.05, 3.63) is 12.7 Å². The summed E-state index contributed by atoms with van der Waals surface area (Å²) in [5.41, 5.74) is 1.35. The summed E-state index contributed by atoms with van der Waals surface area (Å²) < 4.78 is 24.9. The van der Waals surface area contributed by atoms with E-state index in [1.165, 1.54) is 6.33 Å². The largest absolute Gasteiger partial charge is 0.368 e. The number of aromatic amines is 1. The predicted octanol–water partition coefficient (Wildman–Crippen LogP) is 0.0942. The first-order valence-electron chi connectivity index (χ1n) is 5.97. The van der Waals surface area contributed by atoms with Crippen LogP contribution >= 0.6 is 0 Å². The van der Waals surface area contributed by atoms with Gasteiger partial charge in [0.2, 0.25) is 10.0 Å². The van der Waals surface area contributed by atoms with Crippen LogP contribution in [0.3, 0.4) is 0 Å². The zero-order valence-electron chi connectivity index (χ0n) is 10.5. The Morgan fingerprint density at radius 1 is 1.26 bits per heavy atom. The molecule has 0 aromatic carbocycles. The molecular formula is C10H16N6O2S. The summed E-state index contributed by atoms with van der Waals surface area (Å²) in [5.74, 6) is 0.766. The van der Waals surface area contributed by atoms with E-state index in [2.05, 4.69) is 30.0 Å². The summed E-state index contributed by atoms with van der Waals surface area (Å²) in [6.07, 6.45) is 3.66. The number of nitrogens with zero attached hydrogens (tertiary/aromatic N) is 3. The van der Waals surface area contributed by atoms with Crippen LogP contribution in [0.2, 0.25) is 0 Å². The highest BCUT2D eigenvalue weighted by Gasteiger charge is 2.06. The average molecular weight is 284 g/mol. The average Bonchev–Trinajstić information content (AvgIpc) is 2.87. The van der Waals surface area contributed by atoms with Gasteiger partial charge in [-0.15, -0.1) is 0 Å². The second-order valence-electron chi connectivity index (χ2n) is 3.90. The van der Waals surface area contributed by atoms with E-state index in [0.29, 0.717) is 31.0 Å². The molecule has 8 nitrogen and oxygen atoms in total. The van der Waals surface area contributed by atoms with Crippen LogP contribution in [0.4, 0.5) is 5.82 Å². The molecule has 19 heavy (non-hydrogen) atoms. The highest BCUT2D eigenvalue weighted by molar-refractivity contribution is 7.89. The van der Waals surface area contributed by atoms with Crippen LogP contribution in [0.5, 0.6) is 0 Å². The molecule has 0 aliphatic carbocycles. The third-order valence-corrected chi connectivity index (χ3v) is 3.98. The van der Waals surface area contributed by atoms with Gasteiger partial charge in [0.15, 0.2) is 11.5 Å². The van der Waals surface area contributed by atoms with Crippen molar-refractivity contribution < 1.29 is 8.42 Å². The van der Waals surface area contributed by atoms with E-state index < -0.39 is 10.0 Å². The standard InChI is InChI=1S/C10H16N6O2S/c1-2-19(17,18)16-5-3-4-11-9-8-10(13-6-12-8)15-7-14-9/h6-7,16H,2-5H2,1H3,(H2,11,12,13,14,15). The Bertz CT molecular complexity index is 638. The van der Waals surface area contributed by atoms with Gasteiger partial charge in [-0.3, -0.25) is 0 Å². The molecule has 0 aliphatic rings. The molecule has 0 amide bonds. The molecule has 0 saturated heterocycles. The summed E-state index contributed by atoms with van der Waals surface area (Å²) in [6, 6.07) is 0. The molecule has 0 atom stereocenters. The minimum absolute atomic E-state index is 0.0983. The molecule has 0 bridgehead atoms. The molecule has 9 heteroatoms. The van der Waals surface area contributed by atoms with Crippen molar-refractivity contribution in [3.8, 4) is 0 Å². The van der Waals surface area contributed by atoms with Crippen molar-refractivity contribution in [2.75, 3.05) is 24.2 Å². The van der Waals surface area contributed by atoms with E-state index >= 15 is 0 Å². The van der Waals surface area contributed by atoms with Gasteiger partial charge in [-0.1, -0.05) is 0 Å².